The fourth-order valence-electron chi connectivity index (χ4n) is 5.78. The molecule has 2 fully saturated rings. The zero-order chi connectivity index (χ0) is 27.7. The van der Waals surface area contributed by atoms with E-state index in [1.165, 1.54) is 0 Å². The highest BCUT2D eigenvalue weighted by Crippen LogP contribution is 2.47. The minimum atomic E-state index is -0.536. The van der Waals surface area contributed by atoms with Gasteiger partial charge in [-0.1, -0.05) is 0 Å². The monoisotopic (exact) mass is 535 g/mol. The van der Waals surface area contributed by atoms with Crippen molar-refractivity contribution in [3.05, 3.63) is 47.3 Å². The molecule has 3 aromatic rings. The van der Waals surface area contributed by atoms with Crippen LogP contribution in [0.3, 0.4) is 0 Å². The van der Waals surface area contributed by atoms with Gasteiger partial charge in [0, 0.05) is 61.6 Å². The molecule has 0 bridgehead atoms. The summed E-state index contributed by atoms with van der Waals surface area (Å²) < 4.78 is 22.5. The molecule has 0 aromatic carbocycles. The van der Waals surface area contributed by atoms with Crippen molar-refractivity contribution in [2.75, 3.05) is 41.3 Å². The quantitative estimate of drug-likeness (QED) is 0.513. The van der Waals surface area contributed by atoms with Crippen LogP contribution < -0.4 is 15.1 Å². The van der Waals surface area contributed by atoms with E-state index in [-0.39, 0.29) is 17.3 Å². The van der Waals surface area contributed by atoms with Gasteiger partial charge in [0.2, 0.25) is 0 Å². The van der Waals surface area contributed by atoms with Gasteiger partial charge >= 0.3 is 12.1 Å². The van der Waals surface area contributed by atoms with Gasteiger partial charge in [0.15, 0.2) is 5.82 Å². The largest absolute Gasteiger partial charge is 0.444 e. The molecule has 3 aliphatic rings. The van der Waals surface area contributed by atoms with Crippen LogP contribution in [0.4, 0.5) is 31.2 Å². The zero-order valence-corrected chi connectivity index (χ0v) is 23.0. The maximum Gasteiger partial charge on any atom is 0.410 e. The van der Waals surface area contributed by atoms with E-state index < -0.39 is 17.4 Å². The Morgan fingerprint density at radius 1 is 1.13 bits per heavy atom. The molecule has 1 N–H and O–H groups in total. The van der Waals surface area contributed by atoms with Crippen LogP contribution in [-0.4, -0.2) is 68.7 Å². The number of piperazine rings is 1. The molecule has 10 nitrogen and oxygen atoms in total. The van der Waals surface area contributed by atoms with Crippen LogP contribution >= 0.6 is 0 Å². The highest BCUT2D eigenvalue weighted by molar-refractivity contribution is 6.03. The number of anilines is 3. The van der Waals surface area contributed by atoms with Crippen molar-refractivity contribution in [1.82, 2.24) is 19.3 Å². The van der Waals surface area contributed by atoms with E-state index in [1.807, 2.05) is 38.7 Å². The topological polar surface area (TPSA) is 95.3 Å². The van der Waals surface area contributed by atoms with Gasteiger partial charge < -0.3 is 19.4 Å². The number of amides is 3. The molecule has 1 aliphatic carbocycles. The lowest BCUT2D eigenvalue weighted by molar-refractivity contribution is 0.0106. The maximum absolute atomic E-state index is 15.1. The van der Waals surface area contributed by atoms with Gasteiger partial charge in [-0.15, -0.1) is 0 Å². The summed E-state index contributed by atoms with van der Waals surface area (Å²) in [5.41, 5.74) is 3.04. The first-order valence-electron chi connectivity index (χ1n) is 13.4. The average molecular weight is 536 g/mol. The van der Waals surface area contributed by atoms with Gasteiger partial charge in [-0.25, -0.2) is 23.9 Å². The van der Waals surface area contributed by atoms with Gasteiger partial charge in [-0.2, -0.15) is 0 Å². The highest BCUT2D eigenvalue weighted by Gasteiger charge is 2.54. The number of ether oxygens (including phenoxy) is 1. The number of nitrogens with one attached hydrogen (secondary N) is 1. The minimum absolute atomic E-state index is 0.0981. The van der Waals surface area contributed by atoms with E-state index in [1.54, 1.807) is 34.8 Å². The van der Waals surface area contributed by atoms with Gasteiger partial charge in [-0.05, 0) is 59.9 Å². The molecule has 206 valence electrons. The number of imidazole rings is 1. The minimum Gasteiger partial charge on any atom is -0.444 e. The number of aryl methyl sites for hydroxylation is 2. The summed E-state index contributed by atoms with van der Waals surface area (Å²) in [7, 11) is 0. The van der Waals surface area contributed by atoms with Crippen LogP contribution in [-0.2, 0) is 11.2 Å². The summed E-state index contributed by atoms with van der Waals surface area (Å²) >= 11 is 0. The first-order chi connectivity index (χ1) is 18.5. The van der Waals surface area contributed by atoms with Crippen LogP contribution in [0.5, 0.6) is 0 Å². The standard InChI is InChI=1S/C28H34FN7O3/c1-17-14-34-15-20(22(29)18(2)23(34)31-17)32-25(37)35-11-7-19-21(6-10-30-24(19)35)33-12-13-36(28(16-33)8-9-28)26(38)39-27(3,4)5/h6,10,14-15H,7-9,11-13,16H2,1-5H3,(H,32,37). The Morgan fingerprint density at radius 2 is 1.90 bits per heavy atom. The third kappa shape index (κ3) is 4.43. The van der Waals surface area contributed by atoms with Crippen molar-refractivity contribution in [3.63, 3.8) is 0 Å². The van der Waals surface area contributed by atoms with Crippen molar-refractivity contribution >= 4 is 35.0 Å². The predicted molar refractivity (Wildman–Crippen MR) is 146 cm³/mol. The summed E-state index contributed by atoms with van der Waals surface area (Å²) in [6.45, 7) is 11.5. The van der Waals surface area contributed by atoms with Crippen molar-refractivity contribution in [3.8, 4) is 0 Å². The predicted octanol–water partition coefficient (Wildman–Crippen LogP) is 4.67. The van der Waals surface area contributed by atoms with Gasteiger partial charge in [-0.3, -0.25) is 9.80 Å². The van der Waals surface area contributed by atoms with Gasteiger partial charge in [0.1, 0.15) is 17.1 Å². The Morgan fingerprint density at radius 3 is 2.62 bits per heavy atom. The lowest BCUT2D eigenvalue weighted by Gasteiger charge is -2.43. The van der Waals surface area contributed by atoms with E-state index in [2.05, 4.69) is 20.2 Å². The number of carbonyl (C=O) groups excluding carboxylic acids is 2. The molecule has 1 saturated heterocycles. The summed E-state index contributed by atoms with van der Waals surface area (Å²) in [6.07, 6.45) is 7.33. The summed E-state index contributed by atoms with van der Waals surface area (Å²) in [5, 5.41) is 2.75. The number of carbonyl (C=O) groups is 2. The molecule has 2 aliphatic heterocycles. The fraction of sp³-hybridized carbons (Fsp3) is 0.500. The number of pyridine rings is 2. The number of hydrogen-bond acceptors (Lipinski definition) is 6. The van der Waals surface area contributed by atoms with Crippen molar-refractivity contribution in [2.45, 2.75) is 65.0 Å². The molecule has 3 aromatic heterocycles. The molecule has 0 unspecified atom stereocenters. The lowest BCUT2D eigenvalue weighted by atomic mass is 10.1. The zero-order valence-electron chi connectivity index (χ0n) is 23.0. The Kier molecular flexibility index (Phi) is 5.74. The van der Waals surface area contributed by atoms with E-state index in [0.29, 0.717) is 49.6 Å². The SMILES string of the molecule is Cc1cn2cc(NC(=O)N3CCc4c(N5CCN(C(=O)OC(C)(C)C)C6(CC6)C5)ccnc43)c(F)c(C)c2n1. The molecule has 1 spiro atoms. The number of hydrogen-bond donors (Lipinski definition) is 1. The normalized spacial score (nSPS) is 18.1. The molecule has 11 heteroatoms. The summed E-state index contributed by atoms with van der Waals surface area (Å²) in [5.74, 6) is 0.0845. The van der Waals surface area contributed by atoms with Crippen molar-refractivity contribution < 1.29 is 18.7 Å². The number of fused-ring (bicyclic) bond motifs is 2. The highest BCUT2D eigenvalue weighted by atomic mass is 19.1. The van der Waals surface area contributed by atoms with Crippen molar-refractivity contribution in [1.29, 1.82) is 0 Å². The fourth-order valence-corrected chi connectivity index (χ4v) is 5.78. The molecule has 0 radical (unpaired) electrons. The van der Waals surface area contributed by atoms with Crippen LogP contribution in [0, 0.1) is 19.7 Å². The van der Waals surface area contributed by atoms with Crippen LogP contribution in [0.2, 0.25) is 0 Å². The Balaban J connectivity index is 1.21. The molecular weight excluding hydrogens is 501 g/mol. The van der Waals surface area contributed by atoms with Gasteiger partial charge in [0.25, 0.3) is 0 Å². The Labute approximate surface area is 226 Å². The van der Waals surface area contributed by atoms with Gasteiger partial charge in [0.05, 0.1) is 16.9 Å². The third-order valence-electron chi connectivity index (χ3n) is 7.79. The van der Waals surface area contributed by atoms with Crippen molar-refractivity contribution in [2.24, 2.45) is 0 Å². The van der Waals surface area contributed by atoms with Crippen LogP contribution in [0.25, 0.3) is 5.65 Å². The molecule has 39 heavy (non-hydrogen) atoms. The molecule has 5 heterocycles. The van der Waals surface area contributed by atoms with E-state index in [0.717, 1.165) is 29.8 Å². The van der Waals surface area contributed by atoms with E-state index in [9.17, 15) is 9.59 Å². The smallest absolute Gasteiger partial charge is 0.410 e. The molecular formula is C28H34FN7O3. The van der Waals surface area contributed by atoms with Crippen LogP contribution in [0.1, 0.15) is 50.4 Å². The molecule has 1 saturated carbocycles. The van der Waals surface area contributed by atoms with Crippen LogP contribution in [0.15, 0.2) is 24.7 Å². The Hall–Kier alpha value is -3.89. The summed E-state index contributed by atoms with van der Waals surface area (Å²) in [6, 6.07) is 1.55. The third-order valence-corrected chi connectivity index (χ3v) is 7.79. The number of aromatic nitrogens is 3. The maximum atomic E-state index is 15.1. The number of rotatable bonds is 2. The average Bonchev–Trinajstić information content (AvgIpc) is 3.30. The Bertz CT molecular complexity index is 1490. The molecule has 6 rings (SSSR count). The molecule has 0 atom stereocenters. The summed E-state index contributed by atoms with van der Waals surface area (Å²) in [4.78, 5) is 40.9. The lowest BCUT2D eigenvalue weighted by Crippen LogP contribution is -2.58. The first-order valence-corrected chi connectivity index (χ1v) is 13.4. The number of halogens is 1. The second-order valence-electron chi connectivity index (χ2n) is 11.8. The molecule has 3 amide bonds. The second kappa shape index (κ2) is 8.82. The second-order valence-corrected chi connectivity index (χ2v) is 11.8. The van der Waals surface area contributed by atoms with E-state index >= 15 is 4.39 Å². The number of urea groups is 1. The van der Waals surface area contributed by atoms with E-state index in [4.69, 9.17) is 4.74 Å². The first kappa shape index (κ1) is 25.4. The number of nitrogens with zero attached hydrogens (tertiary/aromatic N) is 6.